The molecule has 0 bridgehead atoms. The van der Waals surface area contributed by atoms with E-state index >= 15 is 0 Å². The largest absolute Gasteiger partial charge is 0.481 e. The highest BCUT2D eigenvalue weighted by Gasteiger charge is 2.27. The number of carboxylic acid groups (broad SMARTS) is 1. The third-order valence-corrected chi connectivity index (χ3v) is 5.28. The first-order chi connectivity index (χ1) is 12.2. The summed E-state index contributed by atoms with van der Waals surface area (Å²) < 4.78 is 0. The van der Waals surface area contributed by atoms with Crippen LogP contribution in [0, 0.1) is 5.41 Å². The van der Waals surface area contributed by atoms with E-state index < -0.39 is 11.4 Å². The average Bonchev–Trinajstić information content (AvgIpc) is 3.05. The molecule has 0 saturated carbocycles. The lowest BCUT2D eigenvalue weighted by molar-refractivity contribution is -0.139. The van der Waals surface area contributed by atoms with Crippen LogP contribution in [0.3, 0.4) is 0 Å². The van der Waals surface area contributed by atoms with Crippen molar-refractivity contribution in [3.63, 3.8) is 0 Å². The smallest absolute Gasteiger partial charge is 0.303 e. The summed E-state index contributed by atoms with van der Waals surface area (Å²) in [4.78, 5) is 24.6. The number of benzene rings is 1. The molecule has 0 spiro atoms. The Balaban J connectivity index is 2.18. The molecule has 0 aliphatic rings. The minimum Gasteiger partial charge on any atom is -0.481 e. The molecule has 1 aromatic heterocycles. The van der Waals surface area contributed by atoms with Crippen molar-refractivity contribution < 1.29 is 14.7 Å². The first-order valence-corrected chi connectivity index (χ1v) is 9.70. The molecule has 0 saturated heterocycles. The molecule has 1 aromatic carbocycles. The van der Waals surface area contributed by atoms with Crippen molar-refractivity contribution in [2.24, 2.45) is 5.41 Å². The van der Waals surface area contributed by atoms with Crippen molar-refractivity contribution >= 4 is 23.2 Å². The molecule has 0 aliphatic heterocycles. The number of carbonyl (C=O) groups excluding carboxylic acids is 1. The van der Waals surface area contributed by atoms with Crippen LogP contribution in [0.5, 0.6) is 0 Å². The van der Waals surface area contributed by atoms with Gasteiger partial charge in [-0.05, 0) is 33.9 Å². The maximum absolute atomic E-state index is 12.6. The quantitative estimate of drug-likeness (QED) is 0.687. The highest BCUT2D eigenvalue weighted by molar-refractivity contribution is 7.10. The molecule has 26 heavy (non-hydrogen) atoms. The van der Waals surface area contributed by atoms with E-state index in [1.807, 2.05) is 17.5 Å². The van der Waals surface area contributed by atoms with Crippen LogP contribution >= 0.6 is 11.3 Å². The molecule has 140 valence electrons. The SMILES string of the molecule is CC(C)c1ccc([C@H](NC(=O)CC(C)(C)CC(=O)O)c2cccs2)cc1. The monoisotopic (exact) mass is 373 g/mol. The minimum absolute atomic E-state index is 0.0345. The molecular weight excluding hydrogens is 346 g/mol. The third-order valence-electron chi connectivity index (χ3n) is 4.34. The molecule has 0 radical (unpaired) electrons. The van der Waals surface area contributed by atoms with Crippen molar-refractivity contribution in [2.75, 3.05) is 0 Å². The molecule has 2 N–H and O–H groups in total. The highest BCUT2D eigenvalue weighted by Crippen LogP contribution is 2.29. The van der Waals surface area contributed by atoms with Crippen LogP contribution in [0.1, 0.15) is 68.5 Å². The van der Waals surface area contributed by atoms with Crippen LogP contribution in [-0.4, -0.2) is 17.0 Å². The lowest BCUT2D eigenvalue weighted by Gasteiger charge is -2.24. The number of rotatable bonds is 8. The lowest BCUT2D eigenvalue weighted by atomic mass is 9.85. The van der Waals surface area contributed by atoms with Crippen LogP contribution in [0.4, 0.5) is 0 Å². The Morgan fingerprint density at radius 3 is 2.19 bits per heavy atom. The number of carboxylic acids is 1. The predicted octanol–water partition coefficient (Wildman–Crippen LogP) is 4.97. The summed E-state index contributed by atoms with van der Waals surface area (Å²) in [5, 5.41) is 14.1. The Labute approximate surface area is 159 Å². The molecular formula is C21H27NO3S. The van der Waals surface area contributed by atoms with Gasteiger partial charge in [0.1, 0.15) is 0 Å². The van der Waals surface area contributed by atoms with Crippen LogP contribution in [-0.2, 0) is 9.59 Å². The van der Waals surface area contributed by atoms with Gasteiger partial charge in [-0.1, -0.05) is 58.0 Å². The van der Waals surface area contributed by atoms with E-state index in [9.17, 15) is 9.59 Å². The van der Waals surface area contributed by atoms with Crippen molar-refractivity contribution in [1.29, 1.82) is 0 Å². The fourth-order valence-electron chi connectivity index (χ4n) is 2.97. The summed E-state index contributed by atoms with van der Waals surface area (Å²) in [6.07, 6.45) is 0.137. The predicted molar refractivity (Wildman–Crippen MR) is 105 cm³/mol. The second-order valence-electron chi connectivity index (χ2n) is 7.75. The zero-order chi connectivity index (χ0) is 19.3. The molecule has 2 aromatic rings. The van der Waals surface area contributed by atoms with Gasteiger partial charge in [-0.15, -0.1) is 11.3 Å². The third kappa shape index (κ3) is 5.70. The minimum atomic E-state index is -0.887. The molecule has 5 heteroatoms. The van der Waals surface area contributed by atoms with E-state index in [0.29, 0.717) is 5.92 Å². The Morgan fingerprint density at radius 2 is 1.69 bits per heavy atom. The summed E-state index contributed by atoms with van der Waals surface area (Å²) in [6.45, 7) is 7.91. The van der Waals surface area contributed by atoms with Crippen molar-refractivity contribution in [2.45, 2.75) is 52.5 Å². The Bertz CT molecular complexity index is 733. The van der Waals surface area contributed by atoms with Gasteiger partial charge in [-0.2, -0.15) is 0 Å². The van der Waals surface area contributed by atoms with Crippen LogP contribution in [0.25, 0.3) is 0 Å². The van der Waals surface area contributed by atoms with Gasteiger partial charge >= 0.3 is 5.97 Å². The van der Waals surface area contributed by atoms with Gasteiger partial charge in [0.25, 0.3) is 0 Å². The second kappa shape index (κ2) is 8.49. The van der Waals surface area contributed by atoms with E-state index in [1.165, 1.54) is 5.56 Å². The molecule has 1 heterocycles. The maximum atomic E-state index is 12.6. The fraction of sp³-hybridized carbons (Fsp3) is 0.429. The number of carbonyl (C=O) groups is 2. The lowest BCUT2D eigenvalue weighted by Crippen LogP contribution is -2.33. The van der Waals surface area contributed by atoms with Crippen molar-refractivity contribution in [1.82, 2.24) is 5.32 Å². The number of hydrogen-bond acceptors (Lipinski definition) is 3. The van der Waals surface area contributed by atoms with Gasteiger partial charge in [0, 0.05) is 11.3 Å². The van der Waals surface area contributed by atoms with E-state index in [0.717, 1.165) is 10.4 Å². The molecule has 1 atom stereocenters. The Hall–Kier alpha value is -2.14. The van der Waals surface area contributed by atoms with Crippen molar-refractivity contribution in [3.05, 3.63) is 57.8 Å². The molecule has 0 unspecified atom stereocenters. The van der Waals surface area contributed by atoms with Crippen LogP contribution in [0.2, 0.25) is 0 Å². The number of aliphatic carboxylic acids is 1. The van der Waals surface area contributed by atoms with Gasteiger partial charge in [-0.25, -0.2) is 0 Å². The summed E-state index contributed by atoms with van der Waals surface area (Å²) in [5.41, 5.74) is 1.70. The first-order valence-electron chi connectivity index (χ1n) is 8.82. The van der Waals surface area contributed by atoms with E-state index in [2.05, 4.69) is 43.4 Å². The standard InChI is InChI=1S/C21H27NO3S/c1-14(2)15-7-9-16(10-8-15)20(17-6-5-11-26-17)22-18(23)12-21(3,4)13-19(24)25/h5-11,14,20H,12-13H2,1-4H3,(H,22,23)(H,24,25)/t20-/m0/s1. The summed E-state index contributed by atoms with van der Waals surface area (Å²) in [5.74, 6) is -0.569. The number of hydrogen-bond donors (Lipinski definition) is 2. The van der Waals surface area contributed by atoms with Crippen molar-refractivity contribution in [3.8, 4) is 0 Å². The Kier molecular flexibility index (Phi) is 6.59. The van der Waals surface area contributed by atoms with Gasteiger partial charge in [0.2, 0.25) is 5.91 Å². The maximum Gasteiger partial charge on any atom is 0.303 e. The topological polar surface area (TPSA) is 66.4 Å². The number of nitrogens with one attached hydrogen (secondary N) is 1. The summed E-state index contributed by atoms with van der Waals surface area (Å²) in [6, 6.07) is 12.1. The van der Waals surface area contributed by atoms with Crippen LogP contribution in [0.15, 0.2) is 41.8 Å². The van der Waals surface area contributed by atoms with E-state index in [4.69, 9.17) is 5.11 Å². The second-order valence-corrected chi connectivity index (χ2v) is 8.73. The van der Waals surface area contributed by atoms with Gasteiger partial charge < -0.3 is 10.4 Å². The van der Waals surface area contributed by atoms with Gasteiger partial charge in [0.05, 0.1) is 12.5 Å². The zero-order valence-corrected chi connectivity index (χ0v) is 16.6. The molecule has 4 nitrogen and oxygen atoms in total. The van der Waals surface area contributed by atoms with Gasteiger partial charge in [-0.3, -0.25) is 9.59 Å². The molecule has 1 amide bonds. The van der Waals surface area contributed by atoms with Gasteiger partial charge in [0.15, 0.2) is 0 Å². The molecule has 0 fully saturated rings. The number of amides is 1. The number of thiophene rings is 1. The Morgan fingerprint density at radius 1 is 1.08 bits per heavy atom. The normalized spacial score (nSPS) is 12.8. The highest BCUT2D eigenvalue weighted by atomic mass is 32.1. The fourth-order valence-corrected chi connectivity index (χ4v) is 3.77. The van der Waals surface area contributed by atoms with E-state index in [1.54, 1.807) is 25.2 Å². The molecule has 2 rings (SSSR count). The van der Waals surface area contributed by atoms with E-state index in [-0.39, 0.29) is 24.8 Å². The van der Waals surface area contributed by atoms with Crippen LogP contribution < -0.4 is 5.32 Å². The first kappa shape index (κ1) is 20.2. The summed E-state index contributed by atoms with van der Waals surface area (Å²) >= 11 is 1.60. The molecule has 0 aliphatic carbocycles. The zero-order valence-electron chi connectivity index (χ0n) is 15.8. The average molecular weight is 374 g/mol. The summed E-state index contributed by atoms with van der Waals surface area (Å²) in [7, 11) is 0.